The maximum Gasteiger partial charge on any atom is 0.121 e. The predicted molar refractivity (Wildman–Crippen MR) is 70.1 cm³/mol. The van der Waals surface area contributed by atoms with Crippen molar-refractivity contribution in [3.05, 3.63) is 41.7 Å². The Morgan fingerprint density at radius 2 is 2.17 bits per heavy atom. The first-order valence-electron chi connectivity index (χ1n) is 5.99. The smallest absolute Gasteiger partial charge is 0.121 e. The Bertz CT molecular complexity index is 532. The molecule has 4 heteroatoms. The summed E-state index contributed by atoms with van der Waals surface area (Å²) in [7, 11) is 1.64. The summed E-state index contributed by atoms with van der Waals surface area (Å²) in [6.07, 6.45) is 1.72. The fourth-order valence-corrected chi connectivity index (χ4v) is 2.08. The molecule has 0 aliphatic carbocycles. The number of benzene rings is 1. The Labute approximate surface area is 107 Å². The lowest BCUT2D eigenvalue weighted by Crippen LogP contribution is -2.05. The van der Waals surface area contributed by atoms with Gasteiger partial charge in [0.2, 0.25) is 0 Å². The zero-order valence-corrected chi connectivity index (χ0v) is 10.9. The third-order valence-corrected chi connectivity index (χ3v) is 2.90. The van der Waals surface area contributed by atoms with E-state index in [4.69, 9.17) is 4.74 Å². The lowest BCUT2D eigenvalue weighted by atomic mass is 10.1. The van der Waals surface area contributed by atoms with Crippen LogP contribution in [0.3, 0.4) is 0 Å². The molecule has 0 saturated carbocycles. The minimum absolute atomic E-state index is 0.0114. The van der Waals surface area contributed by atoms with Gasteiger partial charge in [0.15, 0.2) is 0 Å². The van der Waals surface area contributed by atoms with Crippen molar-refractivity contribution in [3.63, 3.8) is 0 Å². The molecule has 18 heavy (non-hydrogen) atoms. The van der Waals surface area contributed by atoms with E-state index in [1.165, 1.54) is 0 Å². The van der Waals surface area contributed by atoms with E-state index < -0.39 is 0 Å². The second-order valence-electron chi connectivity index (χ2n) is 4.48. The molecular formula is C14H18N2O2. The van der Waals surface area contributed by atoms with E-state index in [0.717, 1.165) is 22.7 Å². The Morgan fingerprint density at radius 1 is 1.39 bits per heavy atom. The molecule has 0 bridgehead atoms. The van der Waals surface area contributed by atoms with Crippen molar-refractivity contribution in [1.82, 2.24) is 9.78 Å². The number of hydrogen-bond donors (Lipinski definition) is 1. The molecule has 0 atom stereocenters. The molecule has 4 nitrogen and oxygen atoms in total. The number of ether oxygens (including phenoxy) is 1. The first-order chi connectivity index (χ1) is 8.67. The molecule has 1 aromatic carbocycles. The van der Waals surface area contributed by atoms with Gasteiger partial charge in [-0.2, -0.15) is 5.10 Å². The summed E-state index contributed by atoms with van der Waals surface area (Å²) in [5, 5.41) is 13.7. The number of hydrogen-bond acceptors (Lipinski definition) is 3. The van der Waals surface area contributed by atoms with E-state index >= 15 is 0 Å². The van der Waals surface area contributed by atoms with E-state index in [1.807, 2.05) is 28.9 Å². The van der Waals surface area contributed by atoms with Gasteiger partial charge in [0.1, 0.15) is 5.75 Å². The van der Waals surface area contributed by atoms with Gasteiger partial charge in [-0.25, -0.2) is 4.68 Å². The van der Waals surface area contributed by atoms with Crippen molar-refractivity contribution in [2.45, 2.75) is 26.4 Å². The first kappa shape index (κ1) is 12.6. The van der Waals surface area contributed by atoms with Crippen LogP contribution in [0.4, 0.5) is 0 Å². The van der Waals surface area contributed by atoms with Crippen LogP contribution in [0.15, 0.2) is 30.5 Å². The Morgan fingerprint density at radius 3 is 2.78 bits per heavy atom. The quantitative estimate of drug-likeness (QED) is 0.901. The molecule has 2 aromatic rings. The summed E-state index contributed by atoms with van der Waals surface area (Å²) in [5.74, 6) is 1.09. The highest BCUT2D eigenvalue weighted by atomic mass is 16.5. The van der Waals surface area contributed by atoms with Crippen LogP contribution in [-0.2, 0) is 6.61 Å². The molecule has 0 aliphatic rings. The van der Waals surface area contributed by atoms with Crippen LogP contribution in [0.2, 0.25) is 0 Å². The van der Waals surface area contributed by atoms with Gasteiger partial charge in [0.25, 0.3) is 0 Å². The largest absolute Gasteiger partial charge is 0.497 e. The normalized spacial score (nSPS) is 10.9. The molecule has 1 aromatic heterocycles. The number of aromatic nitrogens is 2. The number of methoxy groups -OCH3 is 1. The fraction of sp³-hybridized carbons (Fsp3) is 0.357. The van der Waals surface area contributed by atoms with Gasteiger partial charge in [0, 0.05) is 11.6 Å². The van der Waals surface area contributed by atoms with E-state index in [-0.39, 0.29) is 6.61 Å². The van der Waals surface area contributed by atoms with E-state index in [2.05, 4.69) is 18.9 Å². The van der Waals surface area contributed by atoms with Crippen LogP contribution in [0.5, 0.6) is 5.75 Å². The molecule has 0 amide bonds. The lowest BCUT2D eigenvalue weighted by Gasteiger charge is -2.12. The predicted octanol–water partition coefficient (Wildman–Crippen LogP) is 2.50. The highest BCUT2D eigenvalue weighted by molar-refractivity contribution is 5.41. The Kier molecular flexibility index (Phi) is 3.67. The third-order valence-electron chi connectivity index (χ3n) is 2.90. The van der Waals surface area contributed by atoms with Crippen molar-refractivity contribution in [1.29, 1.82) is 0 Å². The fourth-order valence-electron chi connectivity index (χ4n) is 2.08. The lowest BCUT2D eigenvalue weighted by molar-refractivity contribution is 0.280. The topological polar surface area (TPSA) is 47.3 Å². The number of rotatable bonds is 4. The van der Waals surface area contributed by atoms with Crippen molar-refractivity contribution < 1.29 is 9.84 Å². The zero-order valence-electron chi connectivity index (χ0n) is 10.9. The molecule has 0 fully saturated rings. The molecule has 0 aliphatic heterocycles. The molecule has 0 unspecified atom stereocenters. The molecule has 0 spiro atoms. The van der Waals surface area contributed by atoms with E-state index in [0.29, 0.717) is 5.92 Å². The highest BCUT2D eigenvalue weighted by Crippen LogP contribution is 2.24. The average molecular weight is 246 g/mol. The number of aliphatic hydroxyl groups excluding tert-OH is 1. The number of aliphatic hydroxyl groups is 1. The zero-order chi connectivity index (χ0) is 13.1. The van der Waals surface area contributed by atoms with E-state index in [9.17, 15) is 5.11 Å². The van der Waals surface area contributed by atoms with Gasteiger partial charge in [-0.05, 0) is 18.1 Å². The summed E-state index contributed by atoms with van der Waals surface area (Å²) in [6, 6.07) is 7.73. The van der Waals surface area contributed by atoms with Gasteiger partial charge >= 0.3 is 0 Å². The molecule has 0 radical (unpaired) electrons. The van der Waals surface area contributed by atoms with Gasteiger partial charge in [-0.1, -0.05) is 19.9 Å². The molecule has 1 N–H and O–H groups in total. The summed E-state index contributed by atoms with van der Waals surface area (Å²) in [6.45, 7) is 4.19. The first-order valence-corrected chi connectivity index (χ1v) is 5.99. The Hall–Kier alpha value is -1.81. The van der Waals surface area contributed by atoms with Crippen LogP contribution >= 0.6 is 0 Å². The maximum atomic E-state index is 9.35. The third kappa shape index (κ3) is 2.24. The minimum atomic E-state index is 0.0114. The van der Waals surface area contributed by atoms with Crippen LogP contribution in [-0.4, -0.2) is 22.0 Å². The van der Waals surface area contributed by atoms with Crippen LogP contribution in [0.25, 0.3) is 5.69 Å². The van der Waals surface area contributed by atoms with Crippen molar-refractivity contribution in [2.75, 3.05) is 7.11 Å². The van der Waals surface area contributed by atoms with Crippen molar-refractivity contribution in [2.24, 2.45) is 0 Å². The SMILES string of the molecule is COc1cccc(-n2ncc(CO)c2C(C)C)c1. The van der Waals surface area contributed by atoms with Crippen LogP contribution < -0.4 is 4.74 Å². The molecule has 2 rings (SSSR count). The number of nitrogens with zero attached hydrogens (tertiary/aromatic N) is 2. The van der Waals surface area contributed by atoms with Crippen molar-refractivity contribution >= 4 is 0 Å². The minimum Gasteiger partial charge on any atom is -0.497 e. The summed E-state index contributed by atoms with van der Waals surface area (Å²) < 4.78 is 7.08. The Balaban J connectivity index is 2.52. The molecule has 1 heterocycles. The molecular weight excluding hydrogens is 228 g/mol. The summed E-state index contributed by atoms with van der Waals surface area (Å²) in [4.78, 5) is 0. The van der Waals surface area contributed by atoms with Gasteiger partial charge in [0.05, 0.1) is 31.3 Å². The molecule has 96 valence electrons. The van der Waals surface area contributed by atoms with Gasteiger partial charge < -0.3 is 9.84 Å². The highest BCUT2D eigenvalue weighted by Gasteiger charge is 2.15. The van der Waals surface area contributed by atoms with E-state index in [1.54, 1.807) is 13.3 Å². The monoisotopic (exact) mass is 246 g/mol. The van der Waals surface area contributed by atoms with Gasteiger partial charge in [-0.15, -0.1) is 0 Å². The average Bonchev–Trinajstić information content (AvgIpc) is 2.82. The van der Waals surface area contributed by atoms with Crippen molar-refractivity contribution in [3.8, 4) is 11.4 Å². The summed E-state index contributed by atoms with van der Waals surface area (Å²) >= 11 is 0. The second-order valence-corrected chi connectivity index (χ2v) is 4.48. The van der Waals surface area contributed by atoms with Gasteiger partial charge in [-0.3, -0.25) is 0 Å². The summed E-state index contributed by atoms with van der Waals surface area (Å²) in [5.41, 5.74) is 2.84. The second kappa shape index (κ2) is 5.23. The standard InChI is InChI=1S/C14H18N2O2/c1-10(2)14-11(9-17)8-15-16(14)12-5-4-6-13(7-12)18-3/h4-8,10,17H,9H2,1-3H3. The van der Waals surface area contributed by atoms with Crippen LogP contribution in [0.1, 0.15) is 31.0 Å². The maximum absolute atomic E-state index is 9.35. The van der Waals surface area contributed by atoms with Crippen LogP contribution in [0, 0.1) is 0 Å². The molecule has 0 saturated heterocycles.